The number of hydrogen-bond donors (Lipinski definition) is 1. The van der Waals surface area contributed by atoms with Gasteiger partial charge in [0.15, 0.2) is 5.82 Å². The number of rotatable bonds is 3. The third-order valence-electron chi connectivity index (χ3n) is 3.94. The Balaban J connectivity index is 1.78. The van der Waals surface area contributed by atoms with Crippen molar-refractivity contribution in [3.8, 4) is 11.4 Å². The number of fused-ring (bicyclic) bond motifs is 1. The molecule has 0 radical (unpaired) electrons. The first-order valence-electron chi connectivity index (χ1n) is 7.24. The van der Waals surface area contributed by atoms with Gasteiger partial charge >= 0.3 is 6.18 Å². The van der Waals surface area contributed by atoms with Crippen LogP contribution in [0.4, 0.5) is 13.2 Å². The number of nitrogens with two attached hydrogens (primary N) is 1. The second-order valence-corrected chi connectivity index (χ2v) is 5.65. The van der Waals surface area contributed by atoms with E-state index in [0.717, 1.165) is 11.1 Å². The molecule has 1 aromatic heterocycles. The Kier molecular flexibility index (Phi) is 3.90. The maximum atomic E-state index is 12.5. The lowest BCUT2D eigenvalue weighted by Crippen LogP contribution is -2.25. The molecule has 0 amide bonds. The molecular formula is C15H17F3N4. The van der Waals surface area contributed by atoms with Gasteiger partial charge in [-0.15, -0.1) is 0 Å². The Morgan fingerprint density at radius 2 is 1.95 bits per heavy atom. The lowest BCUT2D eigenvalue weighted by molar-refractivity contribution is -0.145. The van der Waals surface area contributed by atoms with Crippen molar-refractivity contribution in [2.24, 2.45) is 11.7 Å². The van der Waals surface area contributed by atoms with Gasteiger partial charge in [-0.25, -0.2) is 9.67 Å². The smallest absolute Gasteiger partial charge is 0.326 e. The predicted octanol–water partition coefficient (Wildman–Crippen LogP) is 2.92. The van der Waals surface area contributed by atoms with Crippen molar-refractivity contribution in [2.75, 3.05) is 0 Å². The second kappa shape index (κ2) is 5.72. The van der Waals surface area contributed by atoms with E-state index in [4.69, 9.17) is 5.73 Å². The van der Waals surface area contributed by atoms with Crippen LogP contribution in [0.2, 0.25) is 0 Å². The molecule has 1 aliphatic rings. The summed E-state index contributed by atoms with van der Waals surface area (Å²) in [6.07, 6.45) is -4.05. The standard InChI is InChI=1S/C15H17F3N4/c16-15(17,18)8-11-5-6-22-13(7-11)20-14(21-22)12-3-1-10(9-19)2-4-12/h1-4,11H,5-9,19H2. The molecule has 1 aliphatic heterocycles. The molecule has 0 saturated carbocycles. The van der Waals surface area contributed by atoms with E-state index < -0.39 is 18.5 Å². The molecule has 2 aromatic rings. The van der Waals surface area contributed by atoms with Gasteiger partial charge < -0.3 is 5.73 Å². The highest BCUT2D eigenvalue weighted by atomic mass is 19.4. The quantitative estimate of drug-likeness (QED) is 0.948. The molecule has 2 N–H and O–H groups in total. The number of halogens is 3. The first-order valence-corrected chi connectivity index (χ1v) is 7.24. The van der Waals surface area contributed by atoms with Gasteiger partial charge in [-0.2, -0.15) is 18.3 Å². The first-order chi connectivity index (χ1) is 10.4. The lowest BCUT2D eigenvalue weighted by Gasteiger charge is -2.22. The number of nitrogens with zero attached hydrogens (tertiary/aromatic N) is 3. The number of alkyl halides is 3. The highest BCUT2D eigenvalue weighted by molar-refractivity contribution is 5.55. The minimum atomic E-state index is -4.12. The summed E-state index contributed by atoms with van der Waals surface area (Å²) in [5.41, 5.74) is 7.42. The zero-order chi connectivity index (χ0) is 15.7. The molecule has 7 heteroatoms. The van der Waals surface area contributed by atoms with E-state index in [-0.39, 0.29) is 0 Å². The average molecular weight is 310 g/mol. The minimum Gasteiger partial charge on any atom is -0.326 e. The van der Waals surface area contributed by atoms with Gasteiger partial charge in [0.05, 0.1) is 0 Å². The van der Waals surface area contributed by atoms with Crippen molar-refractivity contribution in [1.29, 1.82) is 0 Å². The second-order valence-electron chi connectivity index (χ2n) is 5.65. The maximum Gasteiger partial charge on any atom is 0.389 e. The summed E-state index contributed by atoms with van der Waals surface area (Å²) in [7, 11) is 0. The van der Waals surface area contributed by atoms with Crippen molar-refractivity contribution in [3.05, 3.63) is 35.7 Å². The SMILES string of the molecule is NCc1ccc(-c2nc3n(n2)CCC(CC(F)(F)F)C3)cc1. The molecule has 4 nitrogen and oxygen atoms in total. The van der Waals surface area contributed by atoms with Gasteiger partial charge in [0.1, 0.15) is 5.82 Å². The molecule has 0 fully saturated rings. The minimum absolute atomic E-state index is 0.327. The maximum absolute atomic E-state index is 12.5. The van der Waals surface area contributed by atoms with E-state index in [1.807, 2.05) is 24.3 Å². The summed E-state index contributed by atoms with van der Waals surface area (Å²) >= 11 is 0. The van der Waals surface area contributed by atoms with E-state index in [2.05, 4.69) is 10.1 Å². The number of benzene rings is 1. The van der Waals surface area contributed by atoms with Crippen molar-refractivity contribution in [2.45, 2.75) is 38.5 Å². The fourth-order valence-corrected chi connectivity index (χ4v) is 2.78. The normalized spacial score (nSPS) is 18.3. The third kappa shape index (κ3) is 3.30. The van der Waals surface area contributed by atoms with Crippen LogP contribution in [-0.4, -0.2) is 20.9 Å². The summed E-state index contributed by atoms with van der Waals surface area (Å²) in [6, 6.07) is 7.58. The fraction of sp³-hybridized carbons (Fsp3) is 0.467. The van der Waals surface area contributed by atoms with Crippen LogP contribution in [0.15, 0.2) is 24.3 Å². The van der Waals surface area contributed by atoms with E-state index in [0.29, 0.717) is 37.6 Å². The van der Waals surface area contributed by atoms with Crippen LogP contribution < -0.4 is 5.73 Å². The fourth-order valence-electron chi connectivity index (χ4n) is 2.78. The van der Waals surface area contributed by atoms with Crippen LogP contribution in [-0.2, 0) is 19.5 Å². The van der Waals surface area contributed by atoms with Gasteiger partial charge in [-0.05, 0) is 17.9 Å². The van der Waals surface area contributed by atoms with E-state index >= 15 is 0 Å². The van der Waals surface area contributed by atoms with Crippen LogP contribution >= 0.6 is 0 Å². The Labute approximate surface area is 126 Å². The van der Waals surface area contributed by atoms with E-state index in [9.17, 15) is 13.2 Å². The highest BCUT2D eigenvalue weighted by Gasteiger charge is 2.34. The number of hydrogen-bond acceptors (Lipinski definition) is 3. The number of aryl methyl sites for hydroxylation is 1. The van der Waals surface area contributed by atoms with Gasteiger partial charge in [-0.3, -0.25) is 0 Å². The molecule has 2 heterocycles. The van der Waals surface area contributed by atoms with E-state index in [1.54, 1.807) is 4.68 Å². The van der Waals surface area contributed by atoms with Crippen LogP contribution in [0, 0.1) is 5.92 Å². The lowest BCUT2D eigenvalue weighted by atomic mass is 9.94. The summed E-state index contributed by atoms with van der Waals surface area (Å²) in [6.45, 7) is 0.955. The van der Waals surface area contributed by atoms with Crippen LogP contribution in [0.1, 0.15) is 24.2 Å². The monoisotopic (exact) mass is 310 g/mol. The third-order valence-corrected chi connectivity index (χ3v) is 3.94. The van der Waals surface area contributed by atoms with Crippen LogP contribution in [0.3, 0.4) is 0 Å². The molecule has 0 aliphatic carbocycles. The highest BCUT2D eigenvalue weighted by Crippen LogP contribution is 2.31. The van der Waals surface area contributed by atoms with Crippen molar-refractivity contribution in [1.82, 2.24) is 14.8 Å². The van der Waals surface area contributed by atoms with Gasteiger partial charge in [0, 0.05) is 31.5 Å². The molecule has 3 rings (SSSR count). The zero-order valence-corrected chi connectivity index (χ0v) is 12.0. The molecule has 118 valence electrons. The molecule has 1 unspecified atom stereocenters. The molecule has 0 bridgehead atoms. The topological polar surface area (TPSA) is 56.7 Å². The predicted molar refractivity (Wildman–Crippen MR) is 75.8 cm³/mol. The van der Waals surface area contributed by atoms with Crippen LogP contribution in [0.5, 0.6) is 0 Å². The van der Waals surface area contributed by atoms with Crippen molar-refractivity contribution in [3.63, 3.8) is 0 Å². The van der Waals surface area contributed by atoms with Crippen molar-refractivity contribution >= 4 is 0 Å². The largest absolute Gasteiger partial charge is 0.389 e. The molecule has 1 aromatic carbocycles. The van der Waals surface area contributed by atoms with Crippen LogP contribution in [0.25, 0.3) is 11.4 Å². The Morgan fingerprint density at radius 3 is 2.59 bits per heavy atom. The molecular weight excluding hydrogens is 293 g/mol. The Morgan fingerprint density at radius 1 is 1.23 bits per heavy atom. The van der Waals surface area contributed by atoms with Gasteiger partial charge in [0.2, 0.25) is 0 Å². The summed E-state index contributed by atoms with van der Waals surface area (Å²) in [4.78, 5) is 4.41. The summed E-state index contributed by atoms with van der Waals surface area (Å²) < 4.78 is 39.2. The Hall–Kier alpha value is -1.89. The first kappa shape index (κ1) is 15.0. The Bertz CT molecular complexity index is 646. The number of aromatic nitrogens is 3. The van der Waals surface area contributed by atoms with E-state index in [1.165, 1.54) is 0 Å². The van der Waals surface area contributed by atoms with Gasteiger partial charge in [0.25, 0.3) is 0 Å². The average Bonchev–Trinajstić information content (AvgIpc) is 2.89. The van der Waals surface area contributed by atoms with Crippen molar-refractivity contribution < 1.29 is 13.2 Å². The summed E-state index contributed by atoms with van der Waals surface area (Å²) in [5, 5.41) is 4.40. The molecule has 0 saturated heterocycles. The molecule has 1 atom stereocenters. The molecule has 22 heavy (non-hydrogen) atoms. The summed E-state index contributed by atoms with van der Waals surface area (Å²) in [5.74, 6) is 0.800. The molecule has 0 spiro atoms. The zero-order valence-electron chi connectivity index (χ0n) is 12.0. The van der Waals surface area contributed by atoms with Gasteiger partial charge in [-0.1, -0.05) is 24.3 Å².